The molecule has 2 N–H and O–H groups in total. The molecule has 254 valence electrons. The highest BCUT2D eigenvalue weighted by Gasteiger charge is 2.40. The van der Waals surface area contributed by atoms with Gasteiger partial charge in [-0.25, -0.2) is 4.79 Å². The average Bonchev–Trinajstić information content (AvgIpc) is 3.55. The molecule has 2 saturated heterocycles. The lowest BCUT2D eigenvalue weighted by atomic mass is 9.90. The van der Waals surface area contributed by atoms with E-state index in [1.54, 1.807) is 23.1 Å². The lowest BCUT2D eigenvalue weighted by molar-refractivity contribution is -0.121. The maximum Gasteiger partial charge on any atom is 0.328 e. The van der Waals surface area contributed by atoms with Crippen LogP contribution in [0.1, 0.15) is 66.4 Å². The topological polar surface area (TPSA) is 118 Å². The number of allylic oxidation sites excluding steroid dienone is 2. The summed E-state index contributed by atoms with van der Waals surface area (Å²) >= 11 is 6.14. The molecule has 2 aromatic carbocycles. The fraction of sp³-hybridized carbons (Fsp3) is 0.421. The van der Waals surface area contributed by atoms with Gasteiger partial charge in [0.1, 0.15) is 11.8 Å². The van der Waals surface area contributed by atoms with Crippen LogP contribution < -0.4 is 15.4 Å². The zero-order valence-electron chi connectivity index (χ0n) is 27.4. The van der Waals surface area contributed by atoms with Crippen molar-refractivity contribution >= 4 is 29.4 Å². The van der Waals surface area contributed by atoms with Crippen LogP contribution in [0.5, 0.6) is 5.75 Å². The Balaban J connectivity index is 0.842. The number of nitrogens with zero attached hydrogens (tertiary/aromatic N) is 4. The normalized spacial score (nSPS) is 25.8. The fourth-order valence-electron chi connectivity index (χ4n) is 7.75. The van der Waals surface area contributed by atoms with Gasteiger partial charge in [0, 0.05) is 67.9 Å². The molecule has 3 aliphatic heterocycles. The standard InChI is InChI=1S/C38H41ClN6O4/c39-33-22-31(11-8-27(33)23-40)49-30-12-9-28(10-13-30)41-37(47)26-6-4-25(5-7-26)24-43-18-14-29(15-19-43)44-20-16-32-34(44)2-1-3-35(32)45-21-17-36(46)42-38(45)48/h1-8,11,16,20,22,28-30,32,34H,9-10,12-15,17-19,21,24H2,(H,41,47)(H,42,46,48). The number of halogens is 1. The number of carbonyl (C=O) groups is 3. The van der Waals surface area contributed by atoms with Gasteiger partial charge in [-0.2, -0.15) is 5.26 Å². The number of piperidine rings is 1. The zero-order valence-corrected chi connectivity index (χ0v) is 28.1. The molecule has 0 aromatic heterocycles. The SMILES string of the molecule is N#Cc1ccc(OC2CCC(NC(=O)c3ccc(CN4CCC(N5C=CC6C(N7CCC(=O)NC7=O)=CC=CC65)CC4)cc3)CC2)cc1Cl. The number of nitriles is 1. The van der Waals surface area contributed by atoms with E-state index < -0.39 is 0 Å². The van der Waals surface area contributed by atoms with E-state index >= 15 is 0 Å². The summed E-state index contributed by atoms with van der Waals surface area (Å²) in [4.78, 5) is 43.9. The number of nitrogens with one attached hydrogen (secondary N) is 2. The minimum atomic E-state index is -0.331. The first kappa shape index (κ1) is 32.9. The van der Waals surface area contributed by atoms with Gasteiger partial charge in [0.25, 0.3) is 5.91 Å². The number of rotatable bonds is 8. The van der Waals surface area contributed by atoms with E-state index in [1.807, 2.05) is 24.3 Å². The van der Waals surface area contributed by atoms with Gasteiger partial charge in [0.15, 0.2) is 0 Å². The summed E-state index contributed by atoms with van der Waals surface area (Å²) in [5, 5.41) is 15.1. The lowest BCUT2D eigenvalue weighted by Gasteiger charge is -2.42. The summed E-state index contributed by atoms with van der Waals surface area (Å²) in [7, 11) is 0. The molecule has 3 heterocycles. The molecule has 1 saturated carbocycles. The molecule has 5 aliphatic rings. The Morgan fingerprint density at radius 2 is 1.78 bits per heavy atom. The highest BCUT2D eigenvalue weighted by atomic mass is 35.5. The van der Waals surface area contributed by atoms with Crippen molar-refractivity contribution in [2.24, 2.45) is 5.92 Å². The minimum Gasteiger partial charge on any atom is -0.490 e. The van der Waals surface area contributed by atoms with Gasteiger partial charge in [-0.3, -0.25) is 24.7 Å². The largest absolute Gasteiger partial charge is 0.490 e. The molecule has 2 aromatic rings. The third-order valence-electron chi connectivity index (χ3n) is 10.4. The Morgan fingerprint density at radius 1 is 1.00 bits per heavy atom. The Labute approximate surface area is 292 Å². The first-order chi connectivity index (χ1) is 23.8. The third kappa shape index (κ3) is 7.38. The van der Waals surface area contributed by atoms with Gasteiger partial charge in [-0.05, 0) is 80.6 Å². The van der Waals surface area contributed by atoms with Gasteiger partial charge >= 0.3 is 6.03 Å². The van der Waals surface area contributed by atoms with Gasteiger partial charge < -0.3 is 15.0 Å². The van der Waals surface area contributed by atoms with Crippen molar-refractivity contribution in [2.75, 3.05) is 19.6 Å². The molecular formula is C38H41ClN6O4. The highest BCUT2D eigenvalue weighted by molar-refractivity contribution is 6.31. The second-order valence-corrected chi connectivity index (χ2v) is 14.0. The van der Waals surface area contributed by atoms with Crippen molar-refractivity contribution in [3.05, 3.63) is 100 Å². The lowest BCUT2D eigenvalue weighted by Crippen LogP contribution is -2.52. The number of fused-ring (bicyclic) bond motifs is 1. The number of amides is 4. The van der Waals surface area contributed by atoms with Crippen LogP contribution in [0.2, 0.25) is 5.02 Å². The summed E-state index contributed by atoms with van der Waals surface area (Å²) in [5.74, 6) is 0.503. The first-order valence-corrected chi connectivity index (χ1v) is 17.7. The maximum absolute atomic E-state index is 13.0. The molecule has 2 unspecified atom stereocenters. The predicted octanol–water partition coefficient (Wildman–Crippen LogP) is 5.51. The Kier molecular flexibility index (Phi) is 9.74. The summed E-state index contributed by atoms with van der Waals surface area (Å²) in [6.07, 6.45) is 16.5. The van der Waals surface area contributed by atoms with Crippen LogP contribution in [0.25, 0.3) is 0 Å². The van der Waals surface area contributed by atoms with E-state index in [0.29, 0.717) is 40.9 Å². The molecule has 10 nitrogen and oxygen atoms in total. The molecule has 0 spiro atoms. The van der Waals surface area contributed by atoms with Crippen molar-refractivity contribution in [1.29, 1.82) is 5.26 Å². The van der Waals surface area contributed by atoms with E-state index in [0.717, 1.165) is 63.9 Å². The number of urea groups is 1. The fourth-order valence-corrected chi connectivity index (χ4v) is 7.96. The number of hydrogen-bond acceptors (Lipinski definition) is 7. The molecule has 4 amide bonds. The minimum absolute atomic E-state index is 0.0447. The van der Waals surface area contributed by atoms with Gasteiger partial charge in [0.05, 0.1) is 22.7 Å². The molecule has 7 rings (SSSR count). The number of benzene rings is 2. The second kappa shape index (κ2) is 14.5. The third-order valence-corrected chi connectivity index (χ3v) is 10.7. The molecule has 11 heteroatoms. The molecule has 0 radical (unpaired) electrons. The van der Waals surface area contributed by atoms with Crippen molar-refractivity contribution in [3.8, 4) is 11.8 Å². The van der Waals surface area contributed by atoms with Crippen molar-refractivity contribution in [3.63, 3.8) is 0 Å². The van der Waals surface area contributed by atoms with Crippen molar-refractivity contribution < 1.29 is 19.1 Å². The zero-order chi connectivity index (χ0) is 33.9. The number of carbonyl (C=O) groups excluding carboxylic acids is 3. The smallest absolute Gasteiger partial charge is 0.328 e. The Morgan fingerprint density at radius 3 is 2.49 bits per heavy atom. The maximum atomic E-state index is 13.0. The molecular weight excluding hydrogens is 640 g/mol. The first-order valence-electron chi connectivity index (χ1n) is 17.3. The summed E-state index contributed by atoms with van der Waals surface area (Å²) in [6.45, 7) is 3.24. The van der Waals surface area contributed by atoms with Crippen LogP contribution in [0.4, 0.5) is 4.79 Å². The molecule has 3 fully saturated rings. The Bertz CT molecular complexity index is 1720. The molecule has 49 heavy (non-hydrogen) atoms. The van der Waals surface area contributed by atoms with Crippen LogP contribution in [0.15, 0.2) is 78.7 Å². The molecule has 2 aliphatic carbocycles. The molecule has 0 bridgehead atoms. The van der Waals surface area contributed by atoms with Crippen molar-refractivity contribution in [2.45, 2.75) is 75.7 Å². The monoisotopic (exact) mass is 680 g/mol. The number of ether oxygens (including phenoxy) is 1. The van der Waals surface area contributed by atoms with Gasteiger partial charge in [0.2, 0.25) is 5.91 Å². The Hall–Kier alpha value is -4.59. The van der Waals surface area contributed by atoms with Crippen LogP contribution >= 0.6 is 11.6 Å². The van der Waals surface area contributed by atoms with E-state index in [9.17, 15) is 14.4 Å². The van der Waals surface area contributed by atoms with E-state index in [2.05, 4.69) is 57.0 Å². The predicted molar refractivity (Wildman–Crippen MR) is 185 cm³/mol. The van der Waals surface area contributed by atoms with Crippen LogP contribution in [0, 0.1) is 17.2 Å². The average molecular weight is 681 g/mol. The van der Waals surface area contributed by atoms with Crippen LogP contribution in [0.3, 0.4) is 0 Å². The summed E-state index contributed by atoms with van der Waals surface area (Å²) in [6, 6.07) is 15.6. The van der Waals surface area contributed by atoms with Crippen LogP contribution in [-0.2, 0) is 11.3 Å². The second-order valence-electron chi connectivity index (χ2n) is 13.6. The van der Waals surface area contributed by atoms with Crippen molar-refractivity contribution in [1.82, 2.24) is 25.3 Å². The summed E-state index contributed by atoms with van der Waals surface area (Å²) in [5.41, 5.74) is 3.25. The quantitative estimate of drug-likeness (QED) is 0.378. The van der Waals surface area contributed by atoms with E-state index in [-0.39, 0.29) is 42.0 Å². The van der Waals surface area contributed by atoms with E-state index in [4.69, 9.17) is 21.6 Å². The number of likely N-dealkylation sites (tertiary alicyclic amines) is 1. The van der Waals surface area contributed by atoms with Gasteiger partial charge in [-0.1, -0.05) is 42.0 Å². The molecule has 2 atom stereocenters. The number of imide groups is 1. The van der Waals surface area contributed by atoms with Gasteiger partial charge in [-0.15, -0.1) is 0 Å². The van der Waals surface area contributed by atoms with E-state index in [1.165, 1.54) is 5.56 Å². The summed E-state index contributed by atoms with van der Waals surface area (Å²) < 4.78 is 6.09. The van der Waals surface area contributed by atoms with Crippen LogP contribution in [-0.4, -0.2) is 76.4 Å². The highest BCUT2D eigenvalue weighted by Crippen LogP contribution is 2.37. The number of hydrogen-bond donors (Lipinski definition) is 2.